The topological polar surface area (TPSA) is 76.6 Å². The zero-order valence-corrected chi connectivity index (χ0v) is 15.7. The fourth-order valence-corrected chi connectivity index (χ4v) is 3.21. The number of rotatable bonds is 2. The number of carbonyl (C=O) groups excluding carboxylic acids is 3. The molecule has 0 saturated carbocycles. The second-order valence-corrected chi connectivity index (χ2v) is 7.56. The van der Waals surface area contributed by atoms with E-state index in [0.717, 1.165) is 4.90 Å². The van der Waals surface area contributed by atoms with E-state index in [1.54, 1.807) is 69.4 Å². The lowest BCUT2D eigenvalue weighted by Crippen LogP contribution is -2.30. The number of pyridine rings is 1. The Kier molecular flexibility index (Phi) is 4.00. The highest BCUT2D eigenvalue weighted by Gasteiger charge is 2.37. The van der Waals surface area contributed by atoms with Crippen LogP contribution in [0.4, 0.5) is 5.69 Å². The highest BCUT2D eigenvalue weighted by Crippen LogP contribution is 2.34. The number of amides is 2. The van der Waals surface area contributed by atoms with Crippen molar-refractivity contribution in [2.45, 2.75) is 26.4 Å². The number of hydrogen-bond acceptors (Lipinski definition) is 5. The van der Waals surface area contributed by atoms with Crippen molar-refractivity contribution in [2.75, 3.05) is 4.90 Å². The molecule has 0 aliphatic carbocycles. The summed E-state index contributed by atoms with van der Waals surface area (Å²) in [6.45, 7) is 5.33. The van der Waals surface area contributed by atoms with Crippen molar-refractivity contribution < 1.29 is 19.1 Å². The van der Waals surface area contributed by atoms with Crippen molar-refractivity contribution in [1.82, 2.24) is 4.98 Å². The molecule has 0 radical (unpaired) electrons. The molecule has 0 fully saturated rings. The fraction of sp³-hybridized carbons (Fsp3) is 0.182. The van der Waals surface area contributed by atoms with Crippen LogP contribution in [0.1, 0.15) is 51.8 Å². The van der Waals surface area contributed by atoms with Gasteiger partial charge in [-0.05, 0) is 51.1 Å². The molecule has 0 N–H and O–H groups in total. The van der Waals surface area contributed by atoms with Crippen LogP contribution >= 0.6 is 0 Å². The Morgan fingerprint density at radius 1 is 0.964 bits per heavy atom. The van der Waals surface area contributed by atoms with Gasteiger partial charge in [-0.3, -0.25) is 14.6 Å². The molecule has 0 spiro atoms. The van der Waals surface area contributed by atoms with Gasteiger partial charge in [0.25, 0.3) is 11.8 Å². The largest absolute Gasteiger partial charge is 0.456 e. The van der Waals surface area contributed by atoms with Crippen LogP contribution in [0, 0.1) is 0 Å². The number of benzene rings is 2. The van der Waals surface area contributed by atoms with Crippen molar-refractivity contribution in [3.63, 3.8) is 0 Å². The second kappa shape index (κ2) is 6.27. The standard InChI is InChI=1S/C22H18N2O4/c1-22(2,3)28-21(27)14-11-13-7-6-10-23-18(13)17(12-14)24-19(25)15-8-4-5-9-16(15)20(24)26/h4-12H,1-3H3. The number of aromatic nitrogens is 1. The summed E-state index contributed by atoms with van der Waals surface area (Å²) in [5.74, 6) is -1.40. The SMILES string of the molecule is CC(C)(C)OC(=O)c1cc(N2C(=O)c3ccccc3C2=O)c2ncccc2c1. The first-order valence-corrected chi connectivity index (χ1v) is 8.86. The average Bonchev–Trinajstić information content (AvgIpc) is 2.90. The van der Waals surface area contributed by atoms with E-state index in [2.05, 4.69) is 4.98 Å². The lowest BCUT2D eigenvalue weighted by Gasteiger charge is -2.21. The summed E-state index contributed by atoms with van der Waals surface area (Å²) in [5.41, 5.74) is 0.978. The van der Waals surface area contributed by atoms with Gasteiger partial charge in [-0.2, -0.15) is 0 Å². The van der Waals surface area contributed by atoms with Crippen molar-refractivity contribution in [1.29, 1.82) is 0 Å². The Morgan fingerprint density at radius 2 is 1.61 bits per heavy atom. The number of ether oxygens (including phenoxy) is 1. The van der Waals surface area contributed by atoms with Crippen LogP contribution in [0.5, 0.6) is 0 Å². The van der Waals surface area contributed by atoms with E-state index >= 15 is 0 Å². The molecule has 0 saturated heterocycles. The zero-order valence-electron chi connectivity index (χ0n) is 15.7. The summed E-state index contributed by atoms with van der Waals surface area (Å²) in [5, 5.41) is 0.636. The molecule has 1 aromatic heterocycles. The molecule has 4 rings (SSSR count). The molecule has 2 amide bonds. The minimum absolute atomic E-state index is 0.252. The van der Waals surface area contributed by atoms with Crippen LogP contribution in [0.25, 0.3) is 10.9 Å². The van der Waals surface area contributed by atoms with E-state index in [1.165, 1.54) is 6.07 Å². The van der Waals surface area contributed by atoms with Gasteiger partial charge < -0.3 is 4.74 Å². The molecule has 6 nitrogen and oxygen atoms in total. The van der Waals surface area contributed by atoms with Crippen LogP contribution in [0.2, 0.25) is 0 Å². The highest BCUT2D eigenvalue weighted by molar-refractivity contribution is 6.36. The number of hydrogen-bond donors (Lipinski definition) is 0. The van der Waals surface area contributed by atoms with E-state index in [-0.39, 0.29) is 11.3 Å². The molecule has 28 heavy (non-hydrogen) atoms. The monoisotopic (exact) mass is 374 g/mol. The summed E-state index contributed by atoms with van der Waals surface area (Å²) in [6, 6.07) is 13.3. The molecular weight excluding hydrogens is 356 g/mol. The summed E-state index contributed by atoms with van der Waals surface area (Å²) in [6.07, 6.45) is 1.58. The minimum atomic E-state index is -0.670. The molecule has 1 aliphatic rings. The molecular formula is C22H18N2O4. The Morgan fingerprint density at radius 3 is 2.21 bits per heavy atom. The minimum Gasteiger partial charge on any atom is -0.456 e. The molecule has 140 valence electrons. The Hall–Kier alpha value is -3.54. The number of imide groups is 1. The van der Waals surface area contributed by atoms with Crippen LogP contribution in [0.15, 0.2) is 54.7 Å². The second-order valence-electron chi connectivity index (χ2n) is 7.56. The van der Waals surface area contributed by atoms with Gasteiger partial charge in [0.15, 0.2) is 0 Å². The zero-order chi connectivity index (χ0) is 20.1. The highest BCUT2D eigenvalue weighted by atomic mass is 16.6. The summed E-state index contributed by atoms with van der Waals surface area (Å²) >= 11 is 0. The number of carbonyl (C=O) groups is 3. The van der Waals surface area contributed by atoms with Crippen molar-refractivity contribution in [3.05, 3.63) is 71.4 Å². The van der Waals surface area contributed by atoms with E-state index < -0.39 is 23.4 Å². The normalized spacial score (nSPS) is 13.8. The van der Waals surface area contributed by atoms with Gasteiger partial charge in [0.2, 0.25) is 0 Å². The molecule has 0 unspecified atom stereocenters. The van der Waals surface area contributed by atoms with Crippen LogP contribution in [0.3, 0.4) is 0 Å². The van der Waals surface area contributed by atoms with Gasteiger partial charge in [-0.15, -0.1) is 0 Å². The third-order valence-electron chi connectivity index (χ3n) is 4.35. The fourth-order valence-electron chi connectivity index (χ4n) is 3.21. The Balaban J connectivity index is 1.89. The first kappa shape index (κ1) is 17.9. The summed E-state index contributed by atoms with van der Waals surface area (Å²) in [4.78, 5) is 43.9. The Labute approximate surface area is 161 Å². The maximum Gasteiger partial charge on any atom is 0.338 e. The molecule has 0 bridgehead atoms. The number of nitrogens with zero attached hydrogens (tertiary/aromatic N) is 2. The molecule has 1 aliphatic heterocycles. The van der Waals surface area contributed by atoms with Gasteiger partial charge in [-0.25, -0.2) is 9.69 Å². The average molecular weight is 374 g/mol. The first-order valence-electron chi connectivity index (χ1n) is 8.86. The Bertz CT molecular complexity index is 1110. The lowest BCUT2D eigenvalue weighted by molar-refractivity contribution is 0.00694. The van der Waals surface area contributed by atoms with Gasteiger partial charge in [0.1, 0.15) is 5.60 Å². The third kappa shape index (κ3) is 2.93. The van der Waals surface area contributed by atoms with Crippen LogP contribution in [-0.2, 0) is 4.74 Å². The van der Waals surface area contributed by atoms with Gasteiger partial charge in [0, 0.05) is 11.6 Å². The van der Waals surface area contributed by atoms with Crippen molar-refractivity contribution >= 4 is 34.4 Å². The predicted molar refractivity (Wildman–Crippen MR) is 104 cm³/mol. The maximum absolute atomic E-state index is 12.9. The van der Waals surface area contributed by atoms with Gasteiger partial charge >= 0.3 is 5.97 Å². The molecule has 0 atom stereocenters. The smallest absolute Gasteiger partial charge is 0.338 e. The molecule has 6 heteroatoms. The molecule has 2 heterocycles. The van der Waals surface area contributed by atoms with Gasteiger partial charge in [0.05, 0.1) is 27.9 Å². The molecule has 3 aromatic rings. The lowest BCUT2D eigenvalue weighted by atomic mass is 10.1. The van der Waals surface area contributed by atoms with E-state index in [9.17, 15) is 14.4 Å². The van der Waals surface area contributed by atoms with E-state index in [0.29, 0.717) is 22.0 Å². The van der Waals surface area contributed by atoms with Crippen LogP contribution in [-0.4, -0.2) is 28.4 Å². The van der Waals surface area contributed by atoms with Gasteiger partial charge in [-0.1, -0.05) is 18.2 Å². The number of fused-ring (bicyclic) bond motifs is 2. The van der Waals surface area contributed by atoms with Crippen molar-refractivity contribution in [2.24, 2.45) is 0 Å². The maximum atomic E-state index is 12.9. The predicted octanol–water partition coefficient (Wildman–Crippen LogP) is 3.99. The number of anilines is 1. The third-order valence-corrected chi connectivity index (χ3v) is 4.35. The number of esters is 1. The van der Waals surface area contributed by atoms with Crippen LogP contribution < -0.4 is 4.90 Å². The van der Waals surface area contributed by atoms with Crippen molar-refractivity contribution in [3.8, 4) is 0 Å². The van der Waals surface area contributed by atoms with E-state index in [4.69, 9.17) is 4.74 Å². The first-order chi connectivity index (χ1) is 13.3. The summed E-state index contributed by atoms with van der Waals surface area (Å²) < 4.78 is 5.46. The molecule has 2 aromatic carbocycles. The summed E-state index contributed by atoms with van der Waals surface area (Å²) in [7, 11) is 0. The van der Waals surface area contributed by atoms with E-state index in [1.807, 2.05) is 0 Å². The quantitative estimate of drug-likeness (QED) is 0.501.